The van der Waals surface area contributed by atoms with E-state index in [0.29, 0.717) is 57.7 Å². The second kappa shape index (κ2) is 20.0. The van der Waals surface area contributed by atoms with E-state index in [4.69, 9.17) is 37.9 Å². The molecule has 0 aromatic heterocycles. The number of nitrogens with one attached hydrogen (secondary N) is 1. The van der Waals surface area contributed by atoms with Gasteiger partial charge in [-0.1, -0.05) is 115 Å². The van der Waals surface area contributed by atoms with Crippen LogP contribution in [0.15, 0.2) is 133 Å². The van der Waals surface area contributed by atoms with E-state index in [0.717, 1.165) is 38.9 Å². The molecule has 0 spiro atoms. The second-order valence-corrected chi connectivity index (χ2v) is 16.6. The van der Waals surface area contributed by atoms with Crippen molar-refractivity contribution in [2.45, 2.75) is 63.6 Å². The van der Waals surface area contributed by atoms with E-state index < -0.39 is 24.2 Å². The monoisotopic (exact) mass is 914 g/mol. The first-order valence-corrected chi connectivity index (χ1v) is 21.4. The number of carboxylic acid groups (broad SMARTS) is 1. The number of nitrogens with zero attached hydrogens (tertiary/aromatic N) is 3. The number of amides is 2. The molecule has 4 atom stereocenters. The van der Waals surface area contributed by atoms with E-state index in [2.05, 4.69) is 23.2 Å². The molecule has 2 amide bonds. The van der Waals surface area contributed by atoms with Gasteiger partial charge in [0.2, 0.25) is 12.0 Å². The van der Waals surface area contributed by atoms with Gasteiger partial charge in [-0.25, -0.2) is 4.79 Å². The summed E-state index contributed by atoms with van der Waals surface area (Å²) in [6.45, 7) is 2.75. The number of likely N-dealkylation sites (N-methyl/N-ethyl adjacent to an activating group) is 1. The molecule has 6 aromatic carbocycles. The zero-order valence-electron chi connectivity index (χ0n) is 35.0. The summed E-state index contributed by atoms with van der Waals surface area (Å²) >= 11 is 12.2. The number of anilines is 1. The first kappa shape index (κ1) is 45.7. The summed E-state index contributed by atoms with van der Waals surface area (Å²) in [4.78, 5) is 44.8. The molecule has 2 aliphatic heterocycles. The van der Waals surface area contributed by atoms with Crippen molar-refractivity contribution in [2.75, 3.05) is 11.9 Å². The number of ether oxygens (including phenoxy) is 2. The van der Waals surface area contributed by atoms with Gasteiger partial charge in [0.05, 0.1) is 33.4 Å². The molecule has 2 heterocycles. The lowest BCUT2D eigenvalue weighted by Crippen LogP contribution is -2.55. The van der Waals surface area contributed by atoms with Gasteiger partial charge in [-0.15, -0.1) is 12.4 Å². The highest BCUT2D eigenvalue weighted by molar-refractivity contribution is 6.42. The zero-order valence-corrected chi connectivity index (χ0v) is 37.4. The van der Waals surface area contributed by atoms with Gasteiger partial charge in [0.1, 0.15) is 24.1 Å². The molecule has 13 heteroatoms. The van der Waals surface area contributed by atoms with Crippen molar-refractivity contribution in [3.63, 3.8) is 0 Å². The molecule has 0 radical (unpaired) electrons. The van der Waals surface area contributed by atoms with E-state index in [1.54, 1.807) is 48.3 Å². The highest BCUT2D eigenvalue weighted by Gasteiger charge is 2.40. The summed E-state index contributed by atoms with van der Waals surface area (Å²) in [7, 11) is 1.72. The van der Waals surface area contributed by atoms with Crippen LogP contribution < -0.4 is 19.7 Å². The van der Waals surface area contributed by atoms with E-state index in [9.17, 15) is 19.5 Å². The largest absolute Gasteiger partial charge is 0.489 e. The van der Waals surface area contributed by atoms with Gasteiger partial charge in [-0.2, -0.15) is 5.26 Å². The van der Waals surface area contributed by atoms with Crippen LogP contribution in [0.25, 0.3) is 11.1 Å². The van der Waals surface area contributed by atoms with E-state index >= 15 is 0 Å². The molecule has 326 valence electrons. The summed E-state index contributed by atoms with van der Waals surface area (Å²) in [5, 5.41) is 23.4. The summed E-state index contributed by atoms with van der Waals surface area (Å²) in [5.74, 6) is -0.610. The van der Waals surface area contributed by atoms with Gasteiger partial charge in [0.15, 0.2) is 0 Å². The first-order chi connectivity index (χ1) is 30.5. The Labute approximate surface area is 388 Å². The van der Waals surface area contributed by atoms with E-state index in [1.807, 2.05) is 97.1 Å². The van der Waals surface area contributed by atoms with Crippen LogP contribution in [0.2, 0.25) is 10.0 Å². The van der Waals surface area contributed by atoms with Crippen LogP contribution in [0.4, 0.5) is 5.69 Å². The summed E-state index contributed by atoms with van der Waals surface area (Å²) in [6, 6.07) is 41.3. The molecule has 10 nitrogen and oxygen atoms in total. The molecule has 0 saturated heterocycles. The SMILES string of the molecule is CC[C@@H](c1ccccc1)N1Cc2cc3c(cc2C[C@H]1C(=O)N[C@@H](Cc1ccc(-c2ccc(C#N)cc2)cc1)C(=O)O)N(C)C(=O)[C@@H](c1ccc(OCc2ccc(Cl)c(Cl)c2)cc1)O3.Cl. The van der Waals surface area contributed by atoms with Crippen molar-refractivity contribution in [1.82, 2.24) is 10.2 Å². The van der Waals surface area contributed by atoms with Crippen LogP contribution in [-0.2, 0) is 40.4 Å². The highest BCUT2D eigenvalue weighted by Crippen LogP contribution is 2.43. The van der Waals surface area contributed by atoms with Gasteiger partial charge < -0.3 is 24.8 Å². The maximum Gasteiger partial charge on any atom is 0.326 e. The van der Waals surface area contributed by atoms with E-state index in [-0.39, 0.29) is 43.3 Å². The molecule has 0 unspecified atom stereocenters. The summed E-state index contributed by atoms with van der Waals surface area (Å²) < 4.78 is 12.5. The number of fused-ring (bicyclic) bond motifs is 2. The van der Waals surface area contributed by atoms with E-state index in [1.165, 1.54) is 0 Å². The fraction of sp³-hybridized carbons (Fsp3) is 0.216. The normalized spacial score (nSPS) is 16.5. The lowest BCUT2D eigenvalue weighted by Gasteiger charge is -2.42. The maximum absolute atomic E-state index is 14.5. The van der Waals surface area contributed by atoms with Gasteiger partial charge in [-0.05, 0) is 100 Å². The number of benzene rings is 6. The second-order valence-electron chi connectivity index (χ2n) is 15.8. The van der Waals surface area contributed by atoms with Crippen LogP contribution in [0.3, 0.4) is 0 Å². The van der Waals surface area contributed by atoms with Crippen molar-refractivity contribution in [3.05, 3.63) is 182 Å². The molecule has 2 N–H and O–H groups in total. The fourth-order valence-electron chi connectivity index (χ4n) is 8.38. The average molecular weight is 916 g/mol. The smallest absolute Gasteiger partial charge is 0.326 e. The quantitative estimate of drug-likeness (QED) is 0.117. The Kier molecular flexibility index (Phi) is 14.3. The van der Waals surface area contributed by atoms with Crippen LogP contribution in [0.5, 0.6) is 11.5 Å². The Morgan fingerprint density at radius 3 is 2.19 bits per heavy atom. The third-order valence-electron chi connectivity index (χ3n) is 11.8. The van der Waals surface area contributed by atoms with Crippen molar-refractivity contribution in [3.8, 4) is 28.7 Å². The van der Waals surface area contributed by atoms with Crippen molar-refractivity contribution >= 4 is 59.1 Å². The predicted molar refractivity (Wildman–Crippen MR) is 250 cm³/mol. The zero-order chi connectivity index (χ0) is 44.2. The van der Waals surface area contributed by atoms with Crippen molar-refractivity contribution in [1.29, 1.82) is 5.26 Å². The number of carbonyl (C=O) groups excluding carboxylic acids is 2. The Balaban J connectivity index is 0.00000612. The lowest BCUT2D eigenvalue weighted by atomic mass is 9.88. The van der Waals surface area contributed by atoms with Crippen LogP contribution in [0.1, 0.15) is 64.4 Å². The molecule has 6 aromatic rings. The molecule has 2 aliphatic rings. The minimum atomic E-state index is -1.18. The molecule has 0 bridgehead atoms. The maximum atomic E-state index is 14.5. The highest BCUT2D eigenvalue weighted by atomic mass is 35.5. The molecule has 0 fully saturated rings. The lowest BCUT2D eigenvalue weighted by molar-refractivity contribution is -0.143. The number of halogens is 3. The summed E-state index contributed by atoms with van der Waals surface area (Å²) in [5.41, 5.74) is 8.18. The van der Waals surface area contributed by atoms with Gasteiger partial charge in [0.25, 0.3) is 5.91 Å². The van der Waals surface area contributed by atoms with Crippen LogP contribution in [0, 0.1) is 11.3 Å². The Morgan fingerprint density at radius 1 is 0.875 bits per heavy atom. The molecule has 0 aliphatic carbocycles. The number of nitriles is 1. The molecule has 64 heavy (non-hydrogen) atoms. The van der Waals surface area contributed by atoms with Crippen molar-refractivity contribution in [2.24, 2.45) is 0 Å². The third kappa shape index (κ3) is 9.89. The van der Waals surface area contributed by atoms with Gasteiger partial charge in [-0.3, -0.25) is 14.5 Å². The minimum Gasteiger partial charge on any atom is -0.489 e. The van der Waals surface area contributed by atoms with Crippen LogP contribution in [-0.4, -0.2) is 46.9 Å². The number of carbonyl (C=O) groups is 3. The topological polar surface area (TPSA) is 132 Å². The average Bonchev–Trinajstić information content (AvgIpc) is 3.30. The third-order valence-corrected chi connectivity index (χ3v) is 12.5. The summed E-state index contributed by atoms with van der Waals surface area (Å²) in [6.07, 6.45) is 0.181. The van der Waals surface area contributed by atoms with Crippen molar-refractivity contribution < 1.29 is 29.0 Å². The number of rotatable bonds is 13. The molecule has 0 saturated carbocycles. The fourth-order valence-corrected chi connectivity index (χ4v) is 8.70. The number of hydrogen-bond acceptors (Lipinski definition) is 7. The van der Waals surface area contributed by atoms with Crippen LogP contribution >= 0.6 is 35.6 Å². The predicted octanol–water partition coefficient (Wildman–Crippen LogP) is 10.3. The number of aliphatic carboxylic acids is 1. The molecular formula is C51H45Cl3N4O6. The Bertz CT molecular complexity index is 2690. The molecule has 8 rings (SSSR count). The minimum absolute atomic E-state index is 0. The number of hydrogen-bond donors (Lipinski definition) is 2. The Morgan fingerprint density at radius 2 is 1.55 bits per heavy atom. The standard InChI is InChI=1S/C51H44Cl2N4O6.ClH/c1-3-44(36-7-5-4-6-8-36)57-29-39-27-47-45(56(2)50(59)48(63-47)37-18-20-40(21-19-37)62-30-33-13-22-41(52)42(53)23-33)25-38(39)26-46(57)49(58)55-43(51(60)61)24-31-9-14-34(15-10-31)35-16-11-32(28-54)12-17-35;/h4-23,25,27,43-44,46,48H,3,24,26,29-30H2,1-2H3,(H,55,58)(H,60,61);1H/t43-,44-,46-,48+;/m0./s1. The number of carboxylic acids is 1. The Hall–Kier alpha value is -6.35. The van der Waals surface area contributed by atoms with Gasteiger partial charge >= 0.3 is 5.97 Å². The molecular weight excluding hydrogens is 871 g/mol. The first-order valence-electron chi connectivity index (χ1n) is 20.7. The van der Waals surface area contributed by atoms with Gasteiger partial charge in [0, 0.05) is 31.6 Å².